The molecule has 6 rings (SSSR count). The van der Waals surface area contributed by atoms with Gasteiger partial charge in [0, 0.05) is 22.6 Å². The van der Waals surface area contributed by atoms with Crippen LogP contribution in [0.2, 0.25) is 0 Å². The first-order valence-electron chi connectivity index (χ1n) is 11.8. The van der Waals surface area contributed by atoms with Gasteiger partial charge in [-0.15, -0.1) is 11.3 Å². The zero-order valence-corrected chi connectivity index (χ0v) is 18.6. The second-order valence-electron chi connectivity index (χ2n) is 10.0. The van der Waals surface area contributed by atoms with Crippen LogP contribution in [0.25, 0.3) is 16.2 Å². The molecule has 3 heteroatoms. The molecule has 0 aliphatic heterocycles. The normalized spacial score (nSPS) is 30.9. The Balaban J connectivity index is 1.45. The molecule has 2 nitrogen and oxygen atoms in total. The van der Waals surface area contributed by atoms with Crippen LogP contribution in [-0.4, -0.2) is 9.38 Å². The molecule has 0 spiro atoms. The minimum Gasteiger partial charge on any atom is -0.290 e. The molecule has 3 aromatic rings. The Morgan fingerprint density at radius 3 is 2.86 bits per heavy atom. The van der Waals surface area contributed by atoms with Gasteiger partial charge in [0.25, 0.3) is 0 Å². The Morgan fingerprint density at radius 1 is 1.10 bits per heavy atom. The third-order valence-electron chi connectivity index (χ3n) is 8.47. The lowest BCUT2D eigenvalue weighted by molar-refractivity contribution is 0.215. The number of imidazole rings is 1. The second kappa shape index (κ2) is 6.70. The topological polar surface area (TPSA) is 17.3 Å². The van der Waals surface area contributed by atoms with Crippen molar-refractivity contribution in [2.45, 2.75) is 77.0 Å². The third kappa shape index (κ3) is 2.76. The van der Waals surface area contributed by atoms with E-state index in [1.165, 1.54) is 78.0 Å². The van der Waals surface area contributed by atoms with Crippen LogP contribution in [0.15, 0.2) is 29.8 Å². The molecular formula is C26H32N2S. The molecule has 3 aliphatic rings. The van der Waals surface area contributed by atoms with Crippen LogP contribution in [0.5, 0.6) is 0 Å². The molecule has 4 atom stereocenters. The van der Waals surface area contributed by atoms with E-state index >= 15 is 0 Å². The lowest BCUT2D eigenvalue weighted by Gasteiger charge is -2.36. The largest absolute Gasteiger partial charge is 0.290 e. The first-order chi connectivity index (χ1) is 14.2. The number of benzene rings is 1. The van der Waals surface area contributed by atoms with Crippen molar-refractivity contribution in [2.75, 3.05) is 0 Å². The Labute approximate surface area is 178 Å². The van der Waals surface area contributed by atoms with Gasteiger partial charge >= 0.3 is 0 Å². The summed E-state index contributed by atoms with van der Waals surface area (Å²) in [5, 5.41) is 2.32. The Hall–Kier alpha value is -1.61. The zero-order valence-electron chi connectivity index (χ0n) is 17.8. The Kier molecular flexibility index (Phi) is 4.20. The van der Waals surface area contributed by atoms with Gasteiger partial charge < -0.3 is 0 Å². The van der Waals surface area contributed by atoms with Crippen LogP contribution in [0.1, 0.15) is 75.6 Å². The molecule has 1 aromatic carbocycles. The summed E-state index contributed by atoms with van der Waals surface area (Å²) in [5.41, 5.74) is 7.41. The molecule has 0 N–H and O–H groups in total. The van der Waals surface area contributed by atoms with E-state index in [1.54, 1.807) is 0 Å². The van der Waals surface area contributed by atoms with Gasteiger partial charge in [-0.05, 0) is 73.5 Å². The van der Waals surface area contributed by atoms with Gasteiger partial charge in [0.1, 0.15) is 0 Å². The molecule has 0 amide bonds. The molecule has 3 fully saturated rings. The van der Waals surface area contributed by atoms with E-state index in [0.29, 0.717) is 5.41 Å². The van der Waals surface area contributed by atoms with Crippen molar-refractivity contribution < 1.29 is 0 Å². The van der Waals surface area contributed by atoms with Crippen molar-refractivity contribution in [3.05, 3.63) is 46.6 Å². The Morgan fingerprint density at radius 2 is 2.00 bits per heavy atom. The number of hydrogen-bond acceptors (Lipinski definition) is 2. The number of nitrogens with zero attached hydrogens (tertiary/aromatic N) is 2. The molecule has 2 heterocycles. The standard InChI is InChI=1S/C26H32N2S/c1-3-17-8-9-19(4-2)22(11-17)23-16-29-25-27-24(15-28(23)25)26-12-18-6-5-7-20(13-26)21(10-18)14-26/h8-9,11,15-16,18,20-21H,3-7,10,12-14H2,1-2H3. The molecule has 3 saturated carbocycles. The number of fused-ring (bicyclic) bond motifs is 3. The molecule has 2 aromatic heterocycles. The molecular weight excluding hydrogens is 372 g/mol. The monoisotopic (exact) mass is 404 g/mol. The number of thiazole rings is 1. The predicted molar refractivity (Wildman–Crippen MR) is 122 cm³/mol. The number of aryl methyl sites for hydroxylation is 2. The quantitative estimate of drug-likeness (QED) is 0.455. The maximum Gasteiger partial charge on any atom is 0.194 e. The summed E-state index contributed by atoms with van der Waals surface area (Å²) >= 11 is 1.82. The molecule has 0 saturated heterocycles. The molecule has 152 valence electrons. The van der Waals surface area contributed by atoms with Gasteiger partial charge in [0.15, 0.2) is 4.96 Å². The zero-order chi connectivity index (χ0) is 19.6. The minimum absolute atomic E-state index is 0.376. The molecule has 0 radical (unpaired) electrons. The number of hydrogen-bond donors (Lipinski definition) is 0. The highest BCUT2D eigenvalue weighted by Crippen LogP contribution is 2.60. The number of aromatic nitrogens is 2. The average Bonchev–Trinajstić information content (AvgIpc) is 3.36. The van der Waals surface area contributed by atoms with Crippen molar-refractivity contribution in [1.82, 2.24) is 9.38 Å². The first-order valence-corrected chi connectivity index (χ1v) is 12.7. The summed E-state index contributed by atoms with van der Waals surface area (Å²) in [5.74, 6) is 2.89. The minimum atomic E-state index is 0.376. The fraction of sp³-hybridized carbons (Fsp3) is 0.577. The van der Waals surface area contributed by atoms with E-state index in [2.05, 4.69) is 48.0 Å². The highest BCUT2D eigenvalue weighted by atomic mass is 32.1. The van der Waals surface area contributed by atoms with Crippen molar-refractivity contribution in [3.63, 3.8) is 0 Å². The van der Waals surface area contributed by atoms with Crippen LogP contribution < -0.4 is 0 Å². The molecule has 29 heavy (non-hydrogen) atoms. The average molecular weight is 405 g/mol. The van der Waals surface area contributed by atoms with E-state index in [4.69, 9.17) is 4.98 Å². The SMILES string of the molecule is CCc1ccc(CC)c(-c2csc3nc(C45CC6CCCC(C4)C(C6)C5)cn23)c1. The van der Waals surface area contributed by atoms with E-state index in [0.717, 1.165) is 30.6 Å². The van der Waals surface area contributed by atoms with Crippen molar-refractivity contribution in [3.8, 4) is 11.3 Å². The summed E-state index contributed by atoms with van der Waals surface area (Å²) in [6.07, 6.45) is 14.7. The van der Waals surface area contributed by atoms with Gasteiger partial charge in [0.2, 0.25) is 0 Å². The highest BCUT2D eigenvalue weighted by Gasteiger charge is 2.53. The summed E-state index contributed by atoms with van der Waals surface area (Å²) < 4.78 is 2.42. The van der Waals surface area contributed by atoms with E-state index in [-0.39, 0.29) is 0 Å². The fourth-order valence-corrected chi connectivity index (χ4v) is 7.96. The predicted octanol–water partition coefficient (Wildman–Crippen LogP) is 7.05. The lowest BCUT2D eigenvalue weighted by Crippen LogP contribution is -2.31. The van der Waals surface area contributed by atoms with Crippen LogP contribution >= 0.6 is 11.3 Å². The van der Waals surface area contributed by atoms with Crippen LogP contribution in [0.4, 0.5) is 0 Å². The van der Waals surface area contributed by atoms with Gasteiger partial charge in [-0.2, -0.15) is 0 Å². The lowest BCUT2D eigenvalue weighted by atomic mass is 9.68. The van der Waals surface area contributed by atoms with E-state index < -0.39 is 0 Å². The summed E-state index contributed by atoms with van der Waals surface area (Å²) in [7, 11) is 0. The molecule has 3 bridgehead atoms. The fourth-order valence-electron chi connectivity index (χ4n) is 7.09. The third-order valence-corrected chi connectivity index (χ3v) is 9.31. The van der Waals surface area contributed by atoms with Gasteiger partial charge in [-0.1, -0.05) is 45.2 Å². The van der Waals surface area contributed by atoms with Gasteiger partial charge in [-0.3, -0.25) is 4.40 Å². The van der Waals surface area contributed by atoms with Crippen molar-refractivity contribution in [2.24, 2.45) is 17.8 Å². The smallest absolute Gasteiger partial charge is 0.194 e. The first kappa shape index (κ1) is 18.2. The molecule has 4 unspecified atom stereocenters. The summed E-state index contributed by atoms with van der Waals surface area (Å²) in [6.45, 7) is 4.52. The van der Waals surface area contributed by atoms with Crippen LogP contribution in [-0.2, 0) is 18.3 Å². The van der Waals surface area contributed by atoms with Crippen molar-refractivity contribution >= 4 is 16.3 Å². The van der Waals surface area contributed by atoms with Crippen LogP contribution in [0, 0.1) is 17.8 Å². The highest BCUT2D eigenvalue weighted by molar-refractivity contribution is 7.15. The van der Waals surface area contributed by atoms with Crippen LogP contribution in [0.3, 0.4) is 0 Å². The maximum absolute atomic E-state index is 5.26. The van der Waals surface area contributed by atoms with E-state index in [1.807, 2.05) is 11.3 Å². The van der Waals surface area contributed by atoms with Gasteiger partial charge in [0.05, 0.1) is 11.4 Å². The second-order valence-corrected chi connectivity index (χ2v) is 10.9. The Bertz CT molecular complexity index is 1060. The summed E-state index contributed by atoms with van der Waals surface area (Å²) in [6, 6.07) is 7.04. The number of rotatable bonds is 4. The summed E-state index contributed by atoms with van der Waals surface area (Å²) in [4.78, 5) is 6.45. The van der Waals surface area contributed by atoms with Crippen molar-refractivity contribution in [1.29, 1.82) is 0 Å². The van der Waals surface area contributed by atoms with E-state index in [9.17, 15) is 0 Å². The maximum atomic E-state index is 5.26. The molecule has 3 aliphatic carbocycles. The van der Waals surface area contributed by atoms with Gasteiger partial charge in [-0.25, -0.2) is 4.98 Å².